The van der Waals surface area contributed by atoms with Gasteiger partial charge in [0, 0.05) is 19.5 Å². The SMILES string of the molecule is CCCCC(=O)N(C)C1C2CC3CC(C2)CC1C3. The molecule has 18 heavy (non-hydrogen) atoms. The van der Waals surface area contributed by atoms with Crippen LogP contribution in [-0.4, -0.2) is 23.9 Å². The first-order chi connectivity index (χ1) is 8.69. The van der Waals surface area contributed by atoms with Crippen LogP contribution in [0.3, 0.4) is 0 Å². The van der Waals surface area contributed by atoms with Crippen LogP contribution in [0.4, 0.5) is 0 Å². The molecule has 4 bridgehead atoms. The zero-order valence-electron chi connectivity index (χ0n) is 11.9. The Bertz CT molecular complexity index is 297. The van der Waals surface area contributed by atoms with E-state index in [4.69, 9.17) is 0 Å². The third-order valence-corrected chi connectivity index (χ3v) is 5.76. The smallest absolute Gasteiger partial charge is 0.222 e. The van der Waals surface area contributed by atoms with Crippen molar-refractivity contribution in [3.8, 4) is 0 Å². The molecule has 0 N–H and O–H groups in total. The highest BCUT2D eigenvalue weighted by atomic mass is 16.2. The summed E-state index contributed by atoms with van der Waals surface area (Å²) in [5.74, 6) is 4.06. The van der Waals surface area contributed by atoms with Gasteiger partial charge in [-0.1, -0.05) is 13.3 Å². The van der Waals surface area contributed by atoms with Crippen LogP contribution in [0.5, 0.6) is 0 Å². The Labute approximate surface area is 111 Å². The van der Waals surface area contributed by atoms with Gasteiger partial charge in [-0.25, -0.2) is 0 Å². The molecular weight excluding hydrogens is 222 g/mol. The minimum absolute atomic E-state index is 0.398. The van der Waals surface area contributed by atoms with E-state index in [9.17, 15) is 4.79 Å². The van der Waals surface area contributed by atoms with Crippen molar-refractivity contribution in [3.05, 3.63) is 0 Å². The maximum atomic E-state index is 12.3. The van der Waals surface area contributed by atoms with Crippen LogP contribution in [0.15, 0.2) is 0 Å². The number of hydrogen-bond acceptors (Lipinski definition) is 1. The first-order valence-corrected chi connectivity index (χ1v) is 7.94. The average Bonchev–Trinajstić information content (AvgIpc) is 2.34. The van der Waals surface area contributed by atoms with E-state index < -0.39 is 0 Å². The Morgan fingerprint density at radius 2 is 1.61 bits per heavy atom. The maximum absolute atomic E-state index is 12.3. The molecule has 2 nitrogen and oxygen atoms in total. The van der Waals surface area contributed by atoms with Gasteiger partial charge in [0.05, 0.1) is 0 Å². The fourth-order valence-electron chi connectivity index (χ4n) is 5.20. The van der Waals surface area contributed by atoms with Crippen molar-refractivity contribution in [1.82, 2.24) is 4.90 Å². The number of rotatable bonds is 4. The molecule has 0 aromatic rings. The lowest BCUT2D eigenvalue weighted by Crippen LogP contribution is -2.56. The van der Waals surface area contributed by atoms with Gasteiger partial charge in [-0.05, 0) is 62.2 Å². The molecule has 4 rings (SSSR count). The van der Waals surface area contributed by atoms with Crippen molar-refractivity contribution >= 4 is 5.91 Å². The highest BCUT2D eigenvalue weighted by Crippen LogP contribution is 2.54. The minimum Gasteiger partial charge on any atom is -0.342 e. The molecule has 1 amide bonds. The number of carbonyl (C=O) groups excluding carboxylic acids is 1. The van der Waals surface area contributed by atoms with Crippen LogP contribution in [0.2, 0.25) is 0 Å². The third-order valence-electron chi connectivity index (χ3n) is 5.76. The Morgan fingerprint density at radius 1 is 1.06 bits per heavy atom. The van der Waals surface area contributed by atoms with E-state index in [-0.39, 0.29) is 0 Å². The van der Waals surface area contributed by atoms with Crippen LogP contribution in [-0.2, 0) is 4.79 Å². The van der Waals surface area contributed by atoms with E-state index in [1.807, 2.05) is 0 Å². The zero-order valence-corrected chi connectivity index (χ0v) is 11.9. The Balaban J connectivity index is 1.67. The van der Waals surface area contributed by atoms with Crippen LogP contribution >= 0.6 is 0 Å². The van der Waals surface area contributed by atoms with Gasteiger partial charge in [0.1, 0.15) is 0 Å². The second kappa shape index (κ2) is 4.86. The van der Waals surface area contributed by atoms with Crippen molar-refractivity contribution in [3.63, 3.8) is 0 Å². The van der Waals surface area contributed by atoms with Crippen LogP contribution < -0.4 is 0 Å². The minimum atomic E-state index is 0.398. The lowest BCUT2D eigenvalue weighted by molar-refractivity contribution is -0.141. The molecule has 4 saturated carbocycles. The van der Waals surface area contributed by atoms with Crippen LogP contribution in [0.1, 0.15) is 58.3 Å². The van der Waals surface area contributed by atoms with E-state index in [1.165, 1.54) is 32.1 Å². The van der Waals surface area contributed by atoms with Crippen LogP contribution in [0.25, 0.3) is 0 Å². The third kappa shape index (κ3) is 2.08. The van der Waals surface area contributed by atoms with Gasteiger partial charge in [-0.3, -0.25) is 4.79 Å². The van der Waals surface area contributed by atoms with Crippen molar-refractivity contribution in [2.24, 2.45) is 23.7 Å². The van der Waals surface area contributed by atoms with Gasteiger partial charge in [0.2, 0.25) is 5.91 Å². The van der Waals surface area contributed by atoms with E-state index >= 15 is 0 Å². The van der Waals surface area contributed by atoms with Gasteiger partial charge in [-0.15, -0.1) is 0 Å². The average molecular weight is 249 g/mol. The maximum Gasteiger partial charge on any atom is 0.222 e. The summed E-state index contributed by atoms with van der Waals surface area (Å²) >= 11 is 0. The predicted octanol–water partition coefficient (Wildman–Crippen LogP) is 3.46. The van der Waals surface area contributed by atoms with E-state index in [2.05, 4.69) is 18.9 Å². The summed E-state index contributed by atoms with van der Waals surface area (Å²) < 4.78 is 0. The number of hydrogen-bond donors (Lipinski definition) is 0. The van der Waals surface area contributed by atoms with Crippen molar-refractivity contribution < 1.29 is 4.79 Å². The summed E-state index contributed by atoms with van der Waals surface area (Å²) in [7, 11) is 2.07. The Hall–Kier alpha value is -0.530. The molecular formula is C16H27NO. The highest BCUT2D eigenvalue weighted by Gasteiger charge is 2.50. The fraction of sp³-hybridized carbons (Fsp3) is 0.938. The monoisotopic (exact) mass is 249 g/mol. The molecule has 0 aromatic heterocycles. The molecule has 2 heteroatoms. The van der Waals surface area contributed by atoms with Crippen molar-refractivity contribution in [2.75, 3.05) is 7.05 Å². The lowest BCUT2D eigenvalue weighted by atomic mass is 9.54. The molecule has 0 heterocycles. The molecule has 4 fully saturated rings. The molecule has 0 aliphatic heterocycles. The van der Waals surface area contributed by atoms with Crippen LogP contribution in [0, 0.1) is 23.7 Å². The molecule has 0 radical (unpaired) electrons. The Morgan fingerprint density at radius 3 is 2.11 bits per heavy atom. The van der Waals surface area contributed by atoms with E-state index in [0.717, 1.165) is 42.9 Å². The summed E-state index contributed by atoms with van der Waals surface area (Å²) in [4.78, 5) is 14.4. The molecule has 0 saturated heterocycles. The van der Waals surface area contributed by atoms with Crippen molar-refractivity contribution in [2.45, 2.75) is 64.3 Å². The summed E-state index contributed by atoms with van der Waals surface area (Å²) in [5.41, 5.74) is 0. The number of carbonyl (C=O) groups is 1. The Kier molecular flexibility index (Phi) is 3.38. The van der Waals surface area contributed by atoms with Gasteiger partial charge in [-0.2, -0.15) is 0 Å². The van der Waals surface area contributed by atoms with Gasteiger partial charge < -0.3 is 4.90 Å². The molecule has 0 atom stereocenters. The zero-order chi connectivity index (χ0) is 12.7. The second-order valence-corrected chi connectivity index (χ2v) is 7.03. The standard InChI is InChI=1S/C16H27NO/c1-3-4-5-15(18)17(2)16-13-7-11-6-12(9-13)10-14(16)8-11/h11-14,16H,3-10H2,1-2H3. The van der Waals surface area contributed by atoms with E-state index in [0.29, 0.717) is 11.9 Å². The van der Waals surface area contributed by atoms with Gasteiger partial charge >= 0.3 is 0 Å². The molecule has 4 aliphatic rings. The highest BCUT2D eigenvalue weighted by molar-refractivity contribution is 5.76. The van der Waals surface area contributed by atoms with Crippen molar-refractivity contribution in [1.29, 1.82) is 0 Å². The first-order valence-electron chi connectivity index (χ1n) is 7.94. The molecule has 0 aromatic carbocycles. The molecule has 0 unspecified atom stereocenters. The number of nitrogens with zero attached hydrogens (tertiary/aromatic N) is 1. The molecule has 0 spiro atoms. The summed E-state index contributed by atoms with van der Waals surface area (Å²) in [6, 6.07) is 0.585. The summed E-state index contributed by atoms with van der Waals surface area (Å²) in [5, 5.41) is 0. The normalized spacial score (nSPS) is 41.1. The number of amides is 1. The summed E-state index contributed by atoms with van der Waals surface area (Å²) in [6.07, 6.45) is 10.1. The summed E-state index contributed by atoms with van der Waals surface area (Å²) in [6.45, 7) is 2.16. The number of unbranched alkanes of at least 4 members (excludes halogenated alkanes) is 1. The predicted molar refractivity (Wildman–Crippen MR) is 73.1 cm³/mol. The quantitative estimate of drug-likeness (QED) is 0.747. The van der Waals surface area contributed by atoms with Gasteiger partial charge in [0.15, 0.2) is 0 Å². The lowest BCUT2D eigenvalue weighted by Gasteiger charge is -2.56. The first kappa shape index (κ1) is 12.5. The fourth-order valence-corrected chi connectivity index (χ4v) is 5.20. The topological polar surface area (TPSA) is 20.3 Å². The molecule has 102 valence electrons. The van der Waals surface area contributed by atoms with Gasteiger partial charge in [0.25, 0.3) is 0 Å². The second-order valence-electron chi connectivity index (χ2n) is 7.03. The molecule has 4 aliphatic carbocycles. The van der Waals surface area contributed by atoms with E-state index in [1.54, 1.807) is 0 Å². The largest absolute Gasteiger partial charge is 0.342 e.